The first-order valence-electron chi connectivity index (χ1n) is 7.96. The summed E-state index contributed by atoms with van der Waals surface area (Å²) in [5.41, 5.74) is -21.2. The van der Waals surface area contributed by atoms with Crippen LogP contribution in [0.2, 0.25) is 0 Å². The Kier molecular flexibility index (Phi) is 14.3. The molecule has 0 heterocycles. The summed E-state index contributed by atoms with van der Waals surface area (Å²) in [6.07, 6.45) is -62.7. The average molecular weight is 764 g/mol. The molecule has 0 aromatic rings. The molecule has 0 saturated heterocycles. The molecule has 0 atom stereocenters. The van der Waals surface area contributed by atoms with Crippen LogP contribution in [-0.2, 0) is 16.8 Å². The number of hydrogen-bond donors (Lipinski definition) is 0. The largest absolute Gasteiger partial charge is 3.00 e. The molecule has 0 aromatic heterocycles. The van der Waals surface area contributed by atoms with E-state index in [0.29, 0.717) is 0 Å². The van der Waals surface area contributed by atoms with Gasteiger partial charge in [0.25, 0.3) is 0 Å². The molecular formula is C12CoF27O3. The summed E-state index contributed by atoms with van der Waals surface area (Å²) in [7, 11) is 0. The Morgan fingerprint density at radius 3 is 0.279 bits per heavy atom. The van der Waals surface area contributed by atoms with Crippen LogP contribution < -0.4 is 15.3 Å². The third-order valence-corrected chi connectivity index (χ3v) is 3.55. The van der Waals surface area contributed by atoms with Crippen LogP contribution in [0.5, 0.6) is 0 Å². The third-order valence-electron chi connectivity index (χ3n) is 3.55. The molecule has 0 aliphatic carbocycles. The van der Waals surface area contributed by atoms with Crippen molar-refractivity contribution in [2.45, 2.75) is 72.4 Å². The monoisotopic (exact) mass is 764 g/mol. The maximum atomic E-state index is 12.0. The standard InChI is InChI=1S/3C4F9O.Co/c3*5-1(2(6,7)8,3(9,10)11)4(12,13)14;/q3*-1;+3. The van der Waals surface area contributed by atoms with Crippen molar-refractivity contribution >= 4 is 0 Å². The van der Waals surface area contributed by atoms with Gasteiger partial charge in [0.15, 0.2) is 0 Å². The van der Waals surface area contributed by atoms with E-state index < -0.39 is 72.4 Å². The Labute approximate surface area is 224 Å². The van der Waals surface area contributed by atoms with Crippen LogP contribution >= 0.6 is 0 Å². The van der Waals surface area contributed by atoms with Crippen molar-refractivity contribution in [3.05, 3.63) is 0 Å². The van der Waals surface area contributed by atoms with Crippen LogP contribution in [-0.4, -0.2) is 72.4 Å². The normalized spacial score (nSPS) is 15.5. The molecule has 0 rings (SSSR count). The van der Waals surface area contributed by atoms with Gasteiger partial charge >= 0.3 is 70.8 Å². The van der Waals surface area contributed by atoms with Gasteiger partial charge in [-0.3, -0.25) is 0 Å². The molecule has 0 saturated carbocycles. The van der Waals surface area contributed by atoms with Gasteiger partial charge in [-0.1, -0.05) is 0 Å². The molecule has 43 heavy (non-hydrogen) atoms. The molecule has 0 N–H and O–H groups in total. The summed E-state index contributed by atoms with van der Waals surface area (Å²) in [6, 6.07) is 0. The predicted octanol–water partition coefficient (Wildman–Crippen LogP) is 5.31. The second-order valence-electron chi connectivity index (χ2n) is 6.51. The second-order valence-corrected chi connectivity index (χ2v) is 6.51. The minimum absolute atomic E-state index is 0. The van der Waals surface area contributed by atoms with Gasteiger partial charge in [-0.05, 0) is 0 Å². The summed E-state index contributed by atoms with van der Waals surface area (Å²) in [4.78, 5) is 0. The quantitative estimate of drug-likeness (QED) is 0.366. The maximum Gasteiger partial charge on any atom is 3.00 e. The van der Waals surface area contributed by atoms with Crippen molar-refractivity contribution in [3.8, 4) is 0 Å². The van der Waals surface area contributed by atoms with Gasteiger partial charge in [0.2, 0.25) is 18.3 Å². The molecule has 0 amide bonds. The van der Waals surface area contributed by atoms with Crippen molar-refractivity contribution in [2.24, 2.45) is 0 Å². The molecule has 31 heteroatoms. The molecular weight excluding hydrogens is 764 g/mol. The predicted molar refractivity (Wildman–Crippen MR) is 62.7 cm³/mol. The summed E-state index contributed by atoms with van der Waals surface area (Å²) < 4.78 is 308. The van der Waals surface area contributed by atoms with Gasteiger partial charge in [0.1, 0.15) is 0 Å². The van der Waals surface area contributed by atoms with Gasteiger partial charge in [-0.15, -0.1) is 0 Å². The van der Waals surface area contributed by atoms with E-state index in [-0.39, 0.29) is 16.8 Å². The molecule has 0 unspecified atom stereocenters. The molecule has 0 spiro atoms. The van der Waals surface area contributed by atoms with E-state index in [4.69, 9.17) is 0 Å². The van der Waals surface area contributed by atoms with E-state index in [1.807, 2.05) is 0 Å². The zero-order valence-corrected chi connectivity index (χ0v) is 18.8. The minimum atomic E-state index is -7.08. The Bertz CT molecular complexity index is 632. The summed E-state index contributed by atoms with van der Waals surface area (Å²) in [6.45, 7) is 0. The number of halogens is 27. The molecule has 0 aromatic carbocycles. The van der Waals surface area contributed by atoms with Crippen LogP contribution in [0.3, 0.4) is 0 Å². The van der Waals surface area contributed by atoms with Crippen LogP contribution in [0, 0.1) is 0 Å². The van der Waals surface area contributed by atoms with Crippen LogP contribution in [0.1, 0.15) is 0 Å². The molecule has 0 fully saturated rings. The van der Waals surface area contributed by atoms with Gasteiger partial charge in [-0.25, -0.2) is 39.5 Å². The SMILES string of the molecule is [Co+3].[O-]C(F)(F)C(F)(C(F)(F)F)C(F)(F)F.[O-]C(F)(F)C(F)(C(F)(F)F)C(F)(F)F.[O-]C(F)(F)C(F)(C(F)(F)F)C(F)(F)F. The van der Waals surface area contributed by atoms with E-state index in [9.17, 15) is 134 Å². The zero-order chi connectivity index (χ0) is 36.0. The molecule has 3 nitrogen and oxygen atoms in total. The topological polar surface area (TPSA) is 69.2 Å². The summed E-state index contributed by atoms with van der Waals surface area (Å²) >= 11 is 0. The second kappa shape index (κ2) is 12.7. The summed E-state index contributed by atoms with van der Waals surface area (Å²) in [5, 5.41) is 27.8. The van der Waals surface area contributed by atoms with E-state index in [2.05, 4.69) is 0 Å². The van der Waals surface area contributed by atoms with Crippen molar-refractivity contribution in [2.75, 3.05) is 0 Å². The molecule has 264 valence electrons. The first-order valence-corrected chi connectivity index (χ1v) is 7.96. The van der Waals surface area contributed by atoms with Crippen molar-refractivity contribution in [1.29, 1.82) is 0 Å². The van der Waals surface area contributed by atoms with Gasteiger partial charge < -0.3 is 15.3 Å². The van der Waals surface area contributed by atoms with Crippen molar-refractivity contribution < 1.29 is 151 Å². The van der Waals surface area contributed by atoms with Crippen LogP contribution in [0.25, 0.3) is 0 Å². The Morgan fingerprint density at radius 2 is 0.279 bits per heavy atom. The smallest absolute Gasteiger partial charge is 0.795 e. The van der Waals surface area contributed by atoms with E-state index in [1.54, 1.807) is 0 Å². The van der Waals surface area contributed by atoms with Crippen LogP contribution in [0.15, 0.2) is 0 Å². The molecule has 0 aliphatic rings. The van der Waals surface area contributed by atoms with Gasteiger partial charge in [0, 0.05) is 0 Å². The van der Waals surface area contributed by atoms with Gasteiger partial charge in [-0.2, -0.15) is 79.0 Å². The number of alkyl halides is 27. The molecule has 0 bridgehead atoms. The Hall–Kier alpha value is -1.50. The Balaban J connectivity index is -0.000000262. The number of rotatable bonds is 3. The fraction of sp³-hybridized carbons (Fsp3) is 1.00. The zero-order valence-electron chi connectivity index (χ0n) is 17.8. The van der Waals surface area contributed by atoms with E-state index >= 15 is 0 Å². The first-order chi connectivity index (χ1) is 17.2. The van der Waals surface area contributed by atoms with E-state index in [0.717, 1.165) is 0 Å². The Morgan fingerprint density at radius 1 is 0.209 bits per heavy atom. The molecule has 0 radical (unpaired) electrons. The molecule has 0 aliphatic heterocycles. The van der Waals surface area contributed by atoms with Crippen LogP contribution in [0.4, 0.5) is 119 Å². The number of hydrogen-bond acceptors (Lipinski definition) is 3. The fourth-order valence-electron chi connectivity index (χ4n) is 1.47. The maximum absolute atomic E-state index is 12.0. The van der Waals surface area contributed by atoms with Crippen molar-refractivity contribution in [1.82, 2.24) is 0 Å². The van der Waals surface area contributed by atoms with Crippen molar-refractivity contribution in [3.63, 3.8) is 0 Å². The average Bonchev–Trinajstić information content (AvgIpc) is 2.58. The van der Waals surface area contributed by atoms with E-state index in [1.165, 1.54) is 0 Å². The summed E-state index contributed by atoms with van der Waals surface area (Å²) in [5.74, 6) is 0. The van der Waals surface area contributed by atoms with Gasteiger partial charge in [0.05, 0.1) is 0 Å². The third kappa shape index (κ3) is 9.50. The minimum Gasteiger partial charge on any atom is -0.795 e. The fourth-order valence-corrected chi connectivity index (χ4v) is 1.47. The first kappa shape index (κ1) is 48.4.